The molecule has 2 aromatic rings. The van der Waals surface area contributed by atoms with Gasteiger partial charge in [0.05, 0.1) is 6.04 Å². The SMILES string of the molecule is CNC(c1cc2c(s1)CCCCC2)c1cccc(C)c1C. The van der Waals surface area contributed by atoms with Crippen molar-refractivity contribution < 1.29 is 0 Å². The summed E-state index contributed by atoms with van der Waals surface area (Å²) in [6, 6.07) is 9.46. The average molecular weight is 299 g/mol. The fraction of sp³-hybridized carbons (Fsp3) is 0.474. The Labute approximate surface area is 132 Å². The minimum Gasteiger partial charge on any atom is -0.309 e. The largest absolute Gasteiger partial charge is 0.309 e. The first-order chi connectivity index (χ1) is 10.2. The van der Waals surface area contributed by atoms with Gasteiger partial charge in [-0.05, 0) is 74.9 Å². The van der Waals surface area contributed by atoms with Crippen molar-refractivity contribution in [3.63, 3.8) is 0 Å². The van der Waals surface area contributed by atoms with Crippen molar-refractivity contribution in [3.05, 3.63) is 56.3 Å². The lowest BCUT2D eigenvalue weighted by atomic mass is 9.96. The fourth-order valence-corrected chi connectivity index (χ4v) is 4.76. The number of aryl methyl sites for hydroxylation is 3. The average Bonchev–Trinajstić information content (AvgIpc) is 2.75. The van der Waals surface area contributed by atoms with Crippen LogP contribution in [0.1, 0.15) is 57.3 Å². The van der Waals surface area contributed by atoms with Gasteiger partial charge in [0.15, 0.2) is 0 Å². The Hall–Kier alpha value is -1.12. The van der Waals surface area contributed by atoms with Gasteiger partial charge in [-0.2, -0.15) is 0 Å². The van der Waals surface area contributed by atoms with Crippen LogP contribution in [-0.4, -0.2) is 7.05 Å². The number of thiophene rings is 1. The first kappa shape index (κ1) is 14.8. The van der Waals surface area contributed by atoms with Gasteiger partial charge >= 0.3 is 0 Å². The van der Waals surface area contributed by atoms with Gasteiger partial charge in [-0.25, -0.2) is 0 Å². The van der Waals surface area contributed by atoms with Crippen LogP contribution in [0.15, 0.2) is 24.3 Å². The molecule has 0 spiro atoms. The molecule has 0 aliphatic heterocycles. The predicted molar refractivity (Wildman–Crippen MR) is 92.4 cm³/mol. The molecule has 0 fully saturated rings. The Morgan fingerprint density at radius 3 is 2.71 bits per heavy atom. The molecule has 1 unspecified atom stereocenters. The van der Waals surface area contributed by atoms with Crippen LogP contribution in [0.3, 0.4) is 0 Å². The molecule has 1 aliphatic carbocycles. The molecule has 2 heteroatoms. The highest BCUT2D eigenvalue weighted by molar-refractivity contribution is 7.12. The normalized spacial score (nSPS) is 16.3. The van der Waals surface area contributed by atoms with Crippen molar-refractivity contribution in [1.29, 1.82) is 0 Å². The number of rotatable bonds is 3. The molecule has 3 rings (SSSR count). The van der Waals surface area contributed by atoms with Crippen molar-refractivity contribution in [2.75, 3.05) is 7.05 Å². The number of hydrogen-bond donors (Lipinski definition) is 1. The molecule has 0 bridgehead atoms. The molecule has 0 radical (unpaired) electrons. The van der Waals surface area contributed by atoms with Gasteiger partial charge in [0.2, 0.25) is 0 Å². The summed E-state index contributed by atoms with van der Waals surface area (Å²) in [6.07, 6.45) is 6.67. The minimum absolute atomic E-state index is 0.335. The molecule has 0 saturated carbocycles. The highest BCUT2D eigenvalue weighted by atomic mass is 32.1. The Morgan fingerprint density at radius 1 is 1.10 bits per heavy atom. The molecule has 0 amide bonds. The van der Waals surface area contributed by atoms with Crippen LogP contribution in [0.25, 0.3) is 0 Å². The van der Waals surface area contributed by atoms with Crippen molar-refractivity contribution in [1.82, 2.24) is 5.32 Å². The molecule has 1 heterocycles. The van der Waals surface area contributed by atoms with Crippen LogP contribution < -0.4 is 5.32 Å². The summed E-state index contributed by atoms with van der Waals surface area (Å²) in [5.41, 5.74) is 5.83. The molecule has 21 heavy (non-hydrogen) atoms. The van der Waals surface area contributed by atoms with E-state index in [1.165, 1.54) is 53.7 Å². The van der Waals surface area contributed by atoms with Crippen molar-refractivity contribution >= 4 is 11.3 Å². The van der Waals surface area contributed by atoms with Gasteiger partial charge in [0.25, 0.3) is 0 Å². The van der Waals surface area contributed by atoms with E-state index >= 15 is 0 Å². The zero-order valence-corrected chi connectivity index (χ0v) is 14.1. The van der Waals surface area contributed by atoms with Crippen LogP contribution >= 0.6 is 11.3 Å². The highest BCUT2D eigenvalue weighted by Gasteiger charge is 2.20. The summed E-state index contributed by atoms with van der Waals surface area (Å²) in [6.45, 7) is 4.45. The van der Waals surface area contributed by atoms with E-state index in [1.54, 1.807) is 10.4 Å². The Kier molecular flexibility index (Phi) is 4.46. The minimum atomic E-state index is 0.335. The Balaban J connectivity index is 1.98. The molecule has 1 aliphatic rings. The van der Waals surface area contributed by atoms with Crippen LogP contribution in [0.5, 0.6) is 0 Å². The fourth-order valence-electron chi connectivity index (χ4n) is 3.37. The predicted octanol–water partition coefficient (Wildman–Crippen LogP) is 4.94. The van der Waals surface area contributed by atoms with Crippen LogP contribution in [-0.2, 0) is 12.8 Å². The van der Waals surface area contributed by atoms with E-state index in [9.17, 15) is 0 Å². The third-order valence-corrected chi connectivity index (χ3v) is 6.10. The standard InChI is InChI=1S/C19H25NS/c1-13-8-7-10-16(14(13)2)19(20-3)18-12-15-9-5-4-6-11-17(15)21-18/h7-8,10,12,19-20H,4-6,9,11H2,1-3H3. The van der Waals surface area contributed by atoms with Crippen molar-refractivity contribution in [3.8, 4) is 0 Å². The molecular formula is C19H25NS. The van der Waals surface area contributed by atoms with E-state index in [2.05, 4.69) is 50.5 Å². The summed E-state index contributed by atoms with van der Waals surface area (Å²) < 4.78 is 0. The summed E-state index contributed by atoms with van der Waals surface area (Å²) in [5.74, 6) is 0. The lowest BCUT2D eigenvalue weighted by molar-refractivity contribution is 0.694. The van der Waals surface area contributed by atoms with Gasteiger partial charge in [-0.1, -0.05) is 24.6 Å². The monoisotopic (exact) mass is 299 g/mol. The van der Waals surface area contributed by atoms with Gasteiger partial charge < -0.3 is 5.32 Å². The van der Waals surface area contributed by atoms with Crippen molar-refractivity contribution in [2.24, 2.45) is 0 Å². The second-order valence-corrected chi connectivity index (χ2v) is 7.34. The molecule has 1 aromatic heterocycles. The van der Waals surface area contributed by atoms with Crippen LogP contribution in [0.4, 0.5) is 0 Å². The first-order valence-corrected chi connectivity index (χ1v) is 8.87. The number of nitrogens with one attached hydrogen (secondary N) is 1. The number of benzene rings is 1. The summed E-state index contributed by atoms with van der Waals surface area (Å²) in [7, 11) is 2.08. The number of hydrogen-bond acceptors (Lipinski definition) is 2. The quantitative estimate of drug-likeness (QED) is 0.791. The smallest absolute Gasteiger partial charge is 0.0671 e. The van der Waals surface area contributed by atoms with E-state index in [-0.39, 0.29) is 0 Å². The highest BCUT2D eigenvalue weighted by Crippen LogP contribution is 2.35. The van der Waals surface area contributed by atoms with Gasteiger partial charge in [0.1, 0.15) is 0 Å². The molecule has 112 valence electrons. The van der Waals surface area contributed by atoms with E-state index in [1.807, 2.05) is 11.3 Å². The summed E-state index contributed by atoms with van der Waals surface area (Å²) in [5, 5.41) is 3.54. The van der Waals surface area contributed by atoms with E-state index in [0.29, 0.717) is 6.04 Å². The molecular weight excluding hydrogens is 274 g/mol. The van der Waals surface area contributed by atoms with Gasteiger partial charge in [-0.3, -0.25) is 0 Å². The maximum atomic E-state index is 3.54. The second-order valence-electron chi connectivity index (χ2n) is 6.17. The second kappa shape index (κ2) is 6.33. The maximum absolute atomic E-state index is 3.54. The molecule has 1 aromatic carbocycles. The third-order valence-electron chi connectivity index (χ3n) is 4.80. The van der Waals surface area contributed by atoms with Crippen LogP contribution in [0.2, 0.25) is 0 Å². The number of fused-ring (bicyclic) bond motifs is 1. The van der Waals surface area contributed by atoms with E-state index < -0.39 is 0 Å². The Bertz CT molecular complexity index is 603. The maximum Gasteiger partial charge on any atom is 0.0671 e. The topological polar surface area (TPSA) is 12.0 Å². The lowest BCUT2D eigenvalue weighted by Gasteiger charge is -2.19. The summed E-state index contributed by atoms with van der Waals surface area (Å²) in [4.78, 5) is 3.12. The van der Waals surface area contributed by atoms with E-state index in [4.69, 9.17) is 0 Å². The van der Waals surface area contributed by atoms with Gasteiger partial charge in [-0.15, -0.1) is 11.3 Å². The zero-order chi connectivity index (χ0) is 14.8. The summed E-state index contributed by atoms with van der Waals surface area (Å²) >= 11 is 2.03. The van der Waals surface area contributed by atoms with Crippen LogP contribution in [0, 0.1) is 13.8 Å². The third kappa shape index (κ3) is 2.93. The Morgan fingerprint density at radius 2 is 1.90 bits per heavy atom. The molecule has 1 N–H and O–H groups in total. The molecule has 0 saturated heterocycles. The van der Waals surface area contributed by atoms with Gasteiger partial charge in [0, 0.05) is 9.75 Å². The molecule has 1 atom stereocenters. The molecule has 1 nitrogen and oxygen atoms in total. The van der Waals surface area contributed by atoms with Crippen molar-refractivity contribution in [2.45, 2.75) is 52.0 Å². The first-order valence-electron chi connectivity index (χ1n) is 8.05. The lowest BCUT2D eigenvalue weighted by Crippen LogP contribution is -2.17. The zero-order valence-electron chi connectivity index (χ0n) is 13.3. The van der Waals surface area contributed by atoms with E-state index in [0.717, 1.165) is 0 Å².